The van der Waals surface area contributed by atoms with Crippen LogP contribution in [0, 0.1) is 5.92 Å². The monoisotopic (exact) mass is 177 g/mol. The van der Waals surface area contributed by atoms with Gasteiger partial charge in [0.25, 0.3) is 0 Å². The molecule has 1 aliphatic heterocycles. The average Bonchev–Trinajstić information content (AvgIpc) is 2.73. The number of hydrogen-bond acceptors (Lipinski definition) is 2. The van der Waals surface area contributed by atoms with Gasteiger partial charge in [0.2, 0.25) is 0 Å². The lowest BCUT2D eigenvalue weighted by Gasteiger charge is -2.28. The van der Waals surface area contributed by atoms with Gasteiger partial charge in [-0.2, -0.15) is 0 Å². The van der Waals surface area contributed by atoms with Crippen LogP contribution in [0.25, 0.3) is 0 Å². The third kappa shape index (κ3) is 1.05. The molecule has 0 bridgehead atoms. The van der Waals surface area contributed by atoms with Crippen molar-refractivity contribution in [1.82, 2.24) is 5.32 Å². The highest BCUT2D eigenvalue weighted by atomic mass is 16.3. The number of nitrogens with one attached hydrogen (secondary N) is 1. The van der Waals surface area contributed by atoms with E-state index in [9.17, 15) is 0 Å². The smallest absolute Gasteiger partial charge is 0.0953 e. The van der Waals surface area contributed by atoms with Gasteiger partial charge in [-0.05, 0) is 44.2 Å². The molecule has 0 spiro atoms. The first-order valence-corrected chi connectivity index (χ1v) is 5.19. The van der Waals surface area contributed by atoms with Crippen molar-refractivity contribution >= 4 is 0 Å². The summed E-state index contributed by atoms with van der Waals surface area (Å²) in [6, 6.07) is 2.12. The van der Waals surface area contributed by atoms with Crippen LogP contribution < -0.4 is 5.32 Å². The van der Waals surface area contributed by atoms with Gasteiger partial charge in [0.15, 0.2) is 0 Å². The summed E-state index contributed by atoms with van der Waals surface area (Å²) < 4.78 is 5.19. The van der Waals surface area contributed by atoms with Gasteiger partial charge in [-0.25, -0.2) is 0 Å². The van der Waals surface area contributed by atoms with E-state index in [1.54, 1.807) is 6.26 Å². The second kappa shape index (κ2) is 2.61. The van der Waals surface area contributed by atoms with Crippen LogP contribution >= 0.6 is 0 Å². The van der Waals surface area contributed by atoms with Crippen LogP contribution in [-0.2, 0) is 5.54 Å². The van der Waals surface area contributed by atoms with Gasteiger partial charge in [-0.15, -0.1) is 0 Å². The fraction of sp³-hybridized carbons (Fsp3) is 0.636. The first kappa shape index (κ1) is 7.63. The second-order valence-corrected chi connectivity index (χ2v) is 4.29. The molecule has 1 aromatic rings. The van der Waals surface area contributed by atoms with E-state index >= 15 is 0 Å². The molecule has 1 N–H and O–H groups in total. The minimum atomic E-state index is 0.285. The van der Waals surface area contributed by atoms with Gasteiger partial charge in [0, 0.05) is 11.1 Å². The van der Waals surface area contributed by atoms with E-state index in [1.165, 1.54) is 37.8 Å². The highest BCUT2D eigenvalue weighted by Gasteiger charge is 2.48. The SMILES string of the molecule is c1cc(C2(C3CC3)CCCN2)co1. The average molecular weight is 177 g/mol. The molecule has 0 amide bonds. The van der Waals surface area contributed by atoms with Gasteiger partial charge < -0.3 is 9.73 Å². The molecule has 1 unspecified atom stereocenters. The van der Waals surface area contributed by atoms with Crippen molar-refractivity contribution in [2.24, 2.45) is 5.92 Å². The predicted molar refractivity (Wildman–Crippen MR) is 50.3 cm³/mol. The van der Waals surface area contributed by atoms with Crippen molar-refractivity contribution in [1.29, 1.82) is 0 Å². The Balaban J connectivity index is 1.98. The topological polar surface area (TPSA) is 25.2 Å². The summed E-state index contributed by atoms with van der Waals surface area (Å²) in [5.41, 5.74) is 1.65. The maximum atomic E-state index is 5.19. The lowest BCUT2D eigenvalue weighted by atomic mass is 9.85. The van der Waals surface area contributed by atoms with Crippen molar-refractivity contribution in [3.63, 3.8) is 0 Å². The van der Waals surface area contributed by atoms with E-state index in [2.05, 4.69) is 11.4 Å². The lowest BCUT2D eigenvalue weighted by molar-refractivity contribution is 0.333. The molecular formula is C11H15NO. The Morgan fingerprint density at radius 1 is 1.46 bits per heavy atom. The Morgan fingerprint density at radius 2 is 2.38 bits per heavy atom. The Bertz CT molecular complexity index is 281. The summed E-state index contributed by atoms with van der Waals surface area (Å²) >= 11 is 0. The Labute approximate surface area is 78.3 Å². The summed E-state index contributed by atoms with van der Waals surface area (Å²) in [5, 5.41) is 3.67. The van der Waals surface area contributed by atoms with E-state index in [-0.39, 0.29) is 5.54 Å². The first-order chi connectivity index (χ1) is 6.42. The van der Waals surface area contributed by atoms with Crippen molar-refractivity contribution in [2.45, 2.75) is 31.2 Å². The molecule has 70 valence electrons. The molecule has 2 heterocycles. The summed E-state index contributed by atoms with van der Waals surface area (Å²) in [5.74, 6) is 0.868. The van der Waals surface area contributed by atoms with E-state index in [4.69, 9.17) is 4.42 Å². The summed E-state index contributed by atoms with van der Waals surface area (Å²) in [6.07, 6.45) is 9.07. The number of rotatable bonds is 2. The normalized spacial score (nSPS) is 33.8. The van der Waals surface area contributed by atoms with Crippen molar-refractivity contribution in [3.05, 3.63) is 24.2 Å². The maximum absolute atomic E-state index is 5.19. The quantitative estimate of drug-likeness (QED) is 0.749. The largest absolute Gasteiger partial charge is 0.472 e. The van der Waals surface area contributed by atoms with E-state index < -0.39 is 0 Å². The molecule has 1 aromatic heterocycles. The van der Waals surface area contributed by atoms with E-state index in [1.807, 2.05) is 6.26 Å². The molecule has 1 saturated carbocycles. The van der Waals surface area contributed by atoms with Crippen LogP contribution in [0.15, 0.2) is 23.0 Å². The van der Waals surface area contributed by atoms with Crippen LogP contribution in [-0.4, -0.2) is 6.54 Å². The van der Waals surface area contributed by atoms with Crippen molar-refractivity contribution < 1.29 is 4.42 Å². The highest BCUT2D eigenvalue weighted by Crippen LogP contribution is 2.50. The molecule has 2 heteroatoms. The van der Waals surface area contributed by atoms with Gasteiger partial charge in [-0.1, -0.05) is 0 Å². The molecule has 1 saturated heterocycles. The number of hydrogen-bond donors (Lipinski definition) is 1. The fourth-order valence-electron chi connectivity index (χ4n) is 2.69. The van der Waals surface area contributed by atoms with E-state index in [0.29, 0.717) is 0 Å². The molecule has 2 aliphatic rings. The lowest BCUT2D eigenvalue weighted by Crippen LogP contribution is -2.38. The second-order valence-electron chi connectivity index (χ2n) is 4.29. The zero-order valence-corrected chi connectivity index (χ0v) is 7.75. The molecule has 2 nitrogen and oxygen atoms in total. The minimum Gasteiger partial charge on any atom is -0.472 e. The third-order valence-corrected chi connectivity index (χ3v) is 3.50. The van der Waals surface area contributed by atoms with Crippen LogP contribution in [0.3, 0.4) is 0 Å². The maximum Gasteiger partial charge on any atom is 0.0953 e. The summed E-state index contributed by atoms with van der Waals surface area (Å²) in [6.45, 7) is 1.17. The molecule has 0 radical (unpaired) electrons. The zero-order valence-electron chi connectivity index (χ0n) is 7.75. The molecular weight excluding hydrogens is 162 g/mol. The van der Waals surface area contributed by atoms with Crippen LogP contribution in [0.5, 0.6) is 0 Å². The van der Waals surface area contributed by atoms with E-state index in [0.717, 1.165) is 5.92 Å². The van der Waals surface area contributed by atoms with Gasteiger partial charge in [0.1, 0.15) is 0 Å². The molecule has 13 heavy (non-hydrogen) atoms. The minimum absolute atomic E-state index is 0.285. The van der Waals surface area contributed by atoms with Gasteiger partial charge in [-0.3, -0.25) is 0 Å². The Hall–Kier alpha value is -0.760. The van der Waals surface area contributed by atoms with Crippen LogP contribution in [0.4, 0.5) is 0 Å². The van der Waals surface area contributed by atoms with Crippen LogP contribution in [0.1, 0.15) is 31.2 Å². The van der Waals surface area contributed by atoms with Gasteiger partial charge in [0.05, 0.1) is 12.5 Å². The predicted octanol–water partition coefficient (Wildman–Crippen LogP) is 2.27. The standard InChI is InChI=1S/C11H15NO/c1-5-11(12-6-1,9-2-3-9)10-4-7-13-8-10/h4,7-9,12H,1-3,5-6H2. The van der Waals surface area contributed by atoms with Crippen molar-refractivity contribution in [3.8, 4) is 0 Å². The molecule has 0 aromatic carbocycles. The Kier molecular flexibility index (Phi) is 1.53. The highest BCUT2D eigenvalue weighted by molar-refractivity contribution is 5.24. The molecule has 2 fully saturated rings. The molecule has 1 aliphatic carbocycles. The Morgan fingerprint density at radius 3 is 2.92 bits per heavy atom. The first-order valence-electron chi connectivity index (χ1n) is 5.19. The zero-order chi connectivity index (χ0) is 8.73. The fourth-order valence-corrected chi connectivity index (χ4v) is 2.69. The van der Waals surface area contributed by atoms with Crippen LogP contribution in [0.2, 0.25) is 0 Å². The third-order valence-electron chi connectivity index (χ3n) is 3.50. The van der Waals surface area contributed by atoms with Gasteiger partial charge >= 0.3 is 0 Å². The summed E-state index contributed by atoms with van der Waals surface area (Å²) in [4.78, 5) is 0. The number of furan rings is 1. The molecule has 1 atom stereocenters. The summed E-state index contributed by atoms with van der Waals surface area (Å²) in [7, 11) is 0. The molecule has 3 rings (SSSR count). The van der Waals surface area contributed by atoms with Crippen molar-refractivity contribution in [2.75, 3.05) is 6.54 Å².